The molecule has 0 spiro atoms. The number of nitrogens with zero attached hydrogens (tertiary/aromatic N) is 1. The minimum absolute atomic E-state index is 0.273. The van der Waals surface area contributed by atoms with Crippen molar-refractivity contribution in [2.45, 2.75) is 6.04 Å². The van der Waals surface area contributed by atoms with Crippen LogP contribution in [0.25, 0.3) is 0 Å². The highest BCUT2D eigenvalue weighted by molar-refractivity contribution is 9.10. The first-order valence-electron chi connectivity index (χ1n) is 3.84. The van der Waals surface area contributed by atoms with Gasteiger partial charge >= 0.3 is 0 Å². The number of aldehydes is 1. The Kier molecular flexibility index (Phi) is 2.14. The highest BCUT2D eigenvalue weighted by atomic mass is 79.9. The molecule has 1 aromatic rings. The quantitative estimate of drug-likeness (QED) is 0.761. The lowest BCUT2D eigenvalue weighted by molar-refractivity contribution is -0.109. The van der Waals surface area contributed by atoms with Crippen LogP contribution in [0.3, 0.4) is 0 Å². The standard InChI is InChI=1S/C9H7BrN2O/c10-6-1-2-8-7(3-6)9(4-13)12-5-11-8/h1-5,9H,(H,11,12). The highest BCUT2D eigenvalue weighted by Gasteiger charge is 2.16. The van der Waals surface area contributed by atoms with Crippen molar-refractivity contribution in [1.29, 1.82) is 0 Å². The summed E-state index contributed by atoms with van der Waals surface area (Å²) in [6.45, 7) is 0. The van der Waals surface area contributed by atoms with E-state index in [4.69, 9.17) is 0 Å². The summed E-state index contributed by atoms with van der Waals surface area (Å²) in [6, 6.07) is 5.42. The van der Waals surface area contributed by atoms with E-state index in [-0.39, 0.29) is 6.04 Å². The number of nitrogens with one attached hydrogen (secondary N) is 1. The molecule has 3 nitrogen and oxygen atoms in total. The van der Waals surface area contributed by atoms with Crippen molar-refractivity contribution in [3.8, 4) is 0 Å². The molecule has 0 aliphatic carbocycles. The van der Waals surface area contributed by atoms with Gasteiger partial charge in [-0.15, -0.1) is 0 Å². The first kappa shape index (κ1) is 8.44. The van der Waals surface area contributed by atoms with Gasteiger partial charge in [0.15, 0.2) is 0 Å². The molecule has 1 heterocycles. The number of hydrogen-bond acceptors (Lipinski definition) is 3. The SMILES string of the molecule is O=CC1NC=Nc2ccc(Br)cc21. The van der Waals surface area contributed by atoms with Crippen molar-refractivity contribution in [1.82, 2.24) is 5.32 Å². The second-order valence-corrected chi connectivity index (χ2v) is 3.66. The van der Waals surface area contributed by atoms with Crippen molar-refractivity contribution < 1.29 is 4.79 Å². The van der Waals surface area contributed by atoms with E-state index in [2.05, 4.69) is 26.2 Å². The topological polar surface area (TPSA) is 41.5 Å². The molecule has 2 rings (SSSR count). The molecule has 1 N–H and O–H groups in total. The average Bonchev–Trinajstić information content (AvgIpc) is 2.17. The molecule has 0 radical (unpaired) electrons. The fraction of sp³-hybridized carbons (Fsp3) is 0.111. The van der Waals surface area contributed by atoms with Gasteiger partial charge in [-0.05, 0) is 18.2 Å². The fourth-order valence-corrected chi connectivity index (χ4v) is 1.66. The van der Waals surface area contributed by atoms with E-state index in [9.17, 15) is 4.79 Å². The third-order valence-electron chi connectivity index (χ3n) is 1.92. The van der Waals surface area contributed by atoms with Crippen LogP contribution in [0.1, 0.15) is 11.6 Å². The molecule has 0 amide bonds. The van der Waals surface area contributed by atoms with E-state index < -0.39 is 0 Å². The zero-order chi connectivity index (χ0) is 9.26. The molecule has 0 saturated heterocycles. The van der Waals surface area contributed by atoms with Crippen LogP contribution in [0.4, 0.5) is 5.69 Å². The molecule has 0 saturated carbocycles. The molecule has 1 unspecified atom stereocenters. The number of hydrogen-bond donors (Lipinski definition) is 1. The van der Waals surface area contributed by atoms with Gasteiger partial charge in [0.25, 0.3) is 0 Å². The van der Waals surface area contributed by atoms with Crippen LogP contribution in [0, 0.1) is 0 Å². The number of benzene rings is 1. The van der Waals surface area contributed by atoms with Crippen molar-refractivity contribution in [3.05, 3.63) is 28.2 Å². The number of halogens is 1. The Morgan fingerprint density at radius 3 is 3.15 bits per heavy atom. The highest BCUT2D eigenvalue weighted by Crippen LogP contribution is 2.29. The molecule has 0 aromatic heterocycles. The molecule has 66 valence electrons. The molecular weight excluding hydrogens is 232 g/mol. The summed E-state index contributed by atoms with van der Waals surface area (Å²) in [5.41, 5.74) is 1.76. The van der Waals surface area contributed by atoms with Crippen LogP contribution < -0.4 is 5.32 Å². The third kappa shape index (κ3) is 1.49. The molecular formula is C9H7BrN2O. The van der Waals surface area contributed by atoms with Crippen LogP contribution in [0.5, 0.6) is 0 Å². The van der Waals surface area contributed by atoms with Gasteiger partial charge in [0.05, 0.1) is 12.0 Å². The van der Waals surface area contributed by atoms with E-state index >= 15 is 0 Å². The zero-order valence-electron chi connectivity index (χ0n) is 6.70. The van der Waals surface area contributed by atoms with E-state index in [0.717, 1.165) is 22.0 Å². The predicted molar refractivity (Wildman–Crippen MR) is 54.2 cm³/mol. The maximum absolute atomic E-state index is 10.7. The van der Waals surface area contributed by atoms with Crippen LogP contribution in [0.2, 0.25) is 0 Å². The van der Waals surface area contributed by atoms with Gasteiger partial charge in [-0.3, -0.25) is 0 Å². The Bertz CT molecular complexity index is 376. The summed E-state index contributed by atoms with van der Waals surface area (Å²) < 4.78 is 0.956. The van der Waals surface area contributed by atoms with Crippen molar-refractivity contribution in [2.24, 2.45) is 4.99 Å². The monoisotopic (exact) mass is 238 g/mol. The Morgan fingerprint density at radius 1 is 1.54 bits per heavy atom. The Morgan fingerprint density at radius 2 is 2.38 bits per heavy atom. The van der Waals surface area contributed by atoms with Gasteiger partial charge in [-0.2, -0.15) is 0 Å². The van der Waals surface area contributed by atoms with Gasteiger partial charge in [0.2, 0.25) is 0 Å². The fourth-order valence-electron chi connectivity index (χ4n) is 1.28. The number of aliphatic imine (C=N–C) groups is 1. The number of carbonyl (C=O) groups is 1. The van der Waals surface area contributed by atoms with E-state index in [1.54, 1.807) is 6.34 Å². The Balaban J connectivity index is 2.54. The summed E-state index contributed by atoms with van der Waals surface area (Å²) in [6.07, 6.45) is 2.42. The summed E-state index contributed by atoms with van der Waals surface area (Å²) >= 11 is 3.35. The van der Waals surface area contributed by atoms with Gasteiger partial charge in [0, 0.05) is 10.0 Å². The molecule has 1 aliphatic rings. The predicted octanol–water partition coefficient (Wildman–Crippen LogP) is 1.95. The maximum Gasteiger partial charge on any atom is 0.146 e. The molecule has 4 heteroatoms. The second-order valence-electron chi connectivity index (χ2n) is 2.74. The first-order valence-corrected chi connectivity index (χ1v) is 4.64. The molecule has 0 bridgehead atoms. The van der Waals surface area contributed by atoms with Crippen molar-refractivity contribution in [3.63, 3.8) is 0 Å². The summed E-state index contributed by atoms with van der Waals surface area (Å²) in [5, 5.41) is 2.87. The largest absolute Gasteiger partial charge is 0.363 e. The lowest BCUT2D eigenvalue weighted by atomic mass is 10.1. The second kappa shape index (κ2) is 3.30. The van der Waals surface area contributed by atoms with Gasteiger partial charge in [0.1, 0.15) is 12.3 Å². The lowest BCUT2D eigenvalue weighted by Crippen LogP contribution is -2.23. The van der Waals surface area contributed by atoms with Gasteiger partial charge in [-0.1, -0.05) is 15.9 Å². The van der Waals surface area contributed by atoms with E-state index in [0.29, 0.717) is 0 Å². The van der Waals surface area contributed by atoms with Crippen molar-refractivity contribution in [2.75, 3.05) is 0 Å². The number of fused-ring (bicyclic) bond motifs is 1. The Labute approximate surface area is 84.0 Å². The third-order valence-corrected chi connectivity index (χ3v) is 2.41. The normalized spacial score (nSPS) is 19.0. The minimum atomic E-state index is -0.273. The van der Waals surface area contributed by atoms with E-state index in [1.165, 1.54) is 0 Å². The Hall–Kier alpha value is -1.16. The molecule has 0 fully saturated rings. The molecule has 13 heavy (non-hydrogen) atoms. The number of rotatable bonds is 1. The molecule has 1 aliphatic heterocycles. The van der Waals surface area contributed by atoms with E-state index in [1.807, 2.05) is 18.2 Å². The maximum atomic E-state index is 10.7. The van der Waals surface area contributed by atoms with Gasteiger partial charge in [-0.25, -0.2) is 4.99 Å². The average molecular weight is 239 g/mol. The van der Waals surface area contributed by atoms with Gasteiger partial charge < -0.3 is 10.1 Å². The summed E-state index contributed by atoms with van der Waals surface area (Å²) in [5.74, 6) is 0. The van der Waals surface area contributed by atoms with Crippen LogP contribution >= 0.6 is 15.9 Å². The van der Waals surface area contributed by atoms with Crippen LogP contribution in [0.15, 0.2) is 27.7 Å². The number of carbonyl (C=O) groups excluding carboxylic acids is 1. The minimum Gasteiger partial charge on any atom is -0.363 e. The summed E-state index contributed by atoms with van der Waals surface area (Å²) in [7, 11) is 0. The first-order chi connectivity index (χ1) is 6.31. The molecule has 1 atom stereocenters. The smallest absolute Gasteiger partial charge is 0.146 e. The van der Waals surface area contributed by atoms with Crippen molar-refractivity contribution >= 4 is 34.2 Å². The lowest BCUT2D eigenvalue weighted by Gasteiger charge is -2.17. The van der Waals surface area contributed by atoms with Crippen LogP contribution in [-0.2, 0) is 4.79 Å². The molecule has 1 aromatic carbocycles. The summed E-state index contributed by atoms with van der Waals surface area (Å²) in [4.78, 5) is 14.8. The van der Waals surface area contributed by atoms with Crippen LogP contribution in [-0.4, -0.2) is 12.6 Å². The zero-order valence-corrected chi connectivity index (χ0v) is 8.28.